The van der Waals surface area contributed by atoms with Crippen LogP contribution in [-0.4, -0.2) is 33.8 Å². The lowest BCUT2D eigenvalue weighted by Crippen LogP contribution is -2.56. The fourth-order valence-corrected chi connectivity index (χ4v) is 3.86. The molecule has 1 aliphatic carbocycles. The van der Waals surface area contributed by atoms with Crippen molar-refractivity contribution in [1.82, 2.24) is 15.1 Å². The van der Waals surface area contributed by atoms with Crippen molar-refractivity contribution < 1.29 is 14.3 Å². The zero-order valence-electron chi connectivity index (χ0n) is 16.3. The van der Waals surface area contributed by atoms with Crippen LogP contribution in [0.15, 0.2) is 30.6 Å². The molecule has 0 bridgehead atoms. The Bertz CT molecular complexity index is 856. The van der Waals surface area contributed by atoms with Crippen LogP contribution in [0.25, 0.3) is 5.69 Å². The maximum absolute atomic E-state index is 12.8. The summed E-state index contributed by atoms with van der Waals surface area (Å²) in [7, 11) is 0. The number of aromatic nitrogens is 2. The molecular weight excluding hydrogens is 378 g/mol. The van der Waals surface area contributed by atoms with E-state index >= 15 is 0 Å². The van der Waals surface area contributed by atoms with Crippen molar-refractivity contribution in [2.24, 2.45) is 0 Å². The first-order valence-electron chi connectivity index (χ1n) is 9.72. The molecule has 1 N–H and O–H groups in total. The first kappa shape index (κ1) is 20.4. The van der Waals surface area contributed by atoms with E-state index in [4.69, 9.17) is 16.3 Å². The van der Waals surface area contributed by atoms with Crippen molar-refractivity contribution in [3.8, 4) is 5.69 Å². The van der Waals surface area contributed by atoms with Gasteiger partial charge in [0.05, 0.1) is 29.9 Å². The number of carbonyl (C=O) groups is 2. The Balaban J connectivity index is 1.77. The highest BCUT2D eigenvalue weighted by molar-refractivity contribution is 6.30. The van der Waals surface area contributed by atoms with Gasteiger partial charge in [-0.05, 0) is 49.9 Å². The van der Waals surface area contributed by atoms with Crippen LogP contribution in [0.4, 0.5) is 0 Å². The molecule has 150 valence electrons. The smallest absolute Gasteiger partial charge is 0.331 e. The number of rotatable bonds is 6. The molecular formula is C21H26ClN3O3. The van der Waals surface area contributed by atoms with Gasteiger partial charge in [-0.3, -0.25) is 4.79 Å². The molecule has 0 saturated heterocycles. The van der Waals surface area contributed by atoms with Crippen molar-refractivity contribution in [1.29, 1.82) is 0 Å². The van der Waals surface area contributed by atoms with Gasteiger partial charge in [-0.1, -0.05) is 36.9 Å². The Morgan fingerprint density at radius 3 is 2.68 bits per heavy atom. The highest BCUT2D eigenvalue weighted by Gasteiger charge is 2.42. The molecule has 2 aromatic rings. The second-order valence-electron chi connectivity index (χ2n) is 7.30. The van der Waals surface area contributed by atoms with E-state index in [9.17, 15) is 9.59 Å². The summed E-state index contributed by atoms with van der Waals surface area (Å²) >= 11 is 5.95. The first-order chi connectivity index (χ1) is 13.4. The number of ether oxygens (including phenoxy) is 1. The zero-order chi connectivity index (χ0) is 20.1. The van der Waals surface area contributed by atoms with Crippen LogP contribution >= 0.6 is 11.6 Å². The Morgan fingerprint density at radius 1 is 1.29 bits per heavy atom. The van der Waals surface area contributed by atoms with Crippen LogP contribution in [-0.2, 0) is 20.7 Å². The van der Waals surface area contributed by atoms with Crippen LogP contribution in [0.3, 0.4) is 0 Å². The zero-order valence-corrected chi connectivity index (χ0v) is 17.1. The van der Waals surface area contributed by atoms with E-state index in [-0.39, 0.29) is 18.3 Å². The number of nitrogens with one attached hydrogen (secondary N) is 1. The van der Waals surface area contributed by atoms with Crippen LogP contribution in [0.1, 0.15) is 50.2 Å². The fourth-order valence-electron chi connectivity index (χ4n) is 3.72. The topological polar surface area (TPSA) is 73.2 Å². The summed E-state index contributed by atoms with van der Waals surface area (Å²) in [6.07, 6.45) is 7.63. The second-order valence-corrected chi connectivity index (χ2v) is 7.74. The normalized spacial score (nSPS) is 15.8. The number of aryl methyl sites for hydroxylation is 1. The summed E-state index contributed by atoms with van der Waals surface area (Å²) in [4.78, 5) is 25.4. The minimum absolute atomic E-state index is 0.172. The molecule has 6 nitrogen and oxygen atoms in total. The Hall–Kier alpha value is -2.34. The summed E-state index contributed by atoms with van der Waals surface area (Å²) in [5.41, 5.74) is 1.83. The summed E-state index contributed by atoms with van der Waals surface area (Å²) in [5.74, 6) is -0.492. The van der Waals surface area contributed by atoms with Gasteiger partial charge in [0.2, 0.25) is 5.91 Å². The van der Waals surface area contributed by atoms with Crippen molar-refractivity contribution in [2.45, 2.75) is 57.9 Å². The number of benzene rings is 1. The molecule has 0 aliphatic heterocycles. The summed E-state index contributed by atoms with van der Waals surface area (Å²) in [6.45, 7) is 4.06. The van der Waals surface area contributed by atoms with Gasteiger partial charge in [-0.15, -0.1) is 0 Å². The highest BCUT2D eigenvalue weighted by atomic mass is 35.5. The number of halogens is 1. The van der Waals surface area contributed by atoms with Gasteiger partial charge in [0.1, 0.15) is 5.54 Å². The molecule has 1 aromatic carbocycles. The highest BCUT2D eigenvalue weighted by Crippen LogP contribution is 2.30. The maximum Gasteiger partial charge on any atom is 0.331 e. The maximum atomic E-state index is 12.8. The van der Waals surface area contributed by atoms with Crippen LogP contribution in [0, 0.1) is 6.92 Å². The quantitative estimate of drug-likeness (QED) is 0.745. The lowest BCUT2D eigenvalue weighted by molar-refractivity contribution is -0.155. The number of nitrogens with zero attached hydrogens (tertiary/aromatic N) is 2. The molecule has 3 rings (SSSR count). The Labute approximate surface area is 170 Å². The Kier molecular flexibility index (Phi) is 6.39. The van der Waals surface area contributed by atoms with Crippen molar-refractivity contribution in [2.75, 3.05) is 6.61 Å². The predicted molar refractivity (Wildman–Crippen MR) is 108 cm³/mol. The van der Waals surface area contributed by atoms with E-state index in [2.05, 4.69) is 10.4 Å². The summed E-state index contributed by atoms with van der Waals surface area (Å²) < 4.78 is 6.93. The van der Waals surface area contributed by atoms with E-state index in [1.54, 1.807) is 24.0 Å². The van der Waals surface area contributed by atoms with E-state index in [0.717, 1.165) is 36.1 Å². The third-order valence-corrected chi connectivity index (χ3v) is 5.45. The molecule has 0 atom stereocenters. The third-order valence-electron chi connectivity index (χ3n) is 5.25. The number of carbonyl (C=O) groups excluding carboxylic acids is 2. The van der Waals surface area contributed by atoms with Crippen molar-refractivity contribution >= 4 is 23.5 Å². The van der Waals surface area contributed by atoms with Gasteiger partial charge in [0.25, 0.3) is 0 Å². The summed E-state index contributed by atoms with van der Waals surface area (Å²) in [6, 6.07) is 5.81. The first-order valence-corrected chi connectivity index (χ1v) is 10.1. The van der Waals surface area contributed by atoms with Gasteiger partial charge in [-0.2, -0.15) is 5.10 Å². The van der Waals surface area contributed by atoms with E-state index < -0.39 is 5.54 Å². The molecule has 0 spiro atoms. The number of amides is 1. The minimum atomic E-state index is -0.896. The lowest BCUT2D eigenvalue weighted by atomic mass is 9.81. The monoisotopic (exact) mass is 403 g/mol. The molecule has 1 saturated carbocycles. The Morgan fingerprint density at radius 2 is 2.04 bits per heavy atom. The van der Waals surface area contributed by atoms with Crippen LogP contribution in [0.5, 0.6) is 0 Å². The lowest BCUT2D eigenvalue weighted by Gasteiger charge is -2.35. The van der Waals surface area contributed by atoms with E-state index in [0.29, 0.717) is 24.5 Å². The average Bonchev–Trinajstić information content (AvgIpc) is 3.11. The molecule has 7 heteroatoms. The average molecular weight is 404 g/mol. The standard InChI is InChI=1S/C21H26ClN3O3/c1-3-28-20(27)21(9-5-4-6-10-21)24-19(26)12-16-11-18(8-7-15(16)2)25-14-17(22)13-23-25/h7-8,11,13-14H,3-6,9-10,12H2,1-2H3,(H,24,26). The molecule has 1 aliphatic rings. The molecule has 1 amide bonds. The molecule has 1 aromatic heterocycles. The predicted octanol–water partition coefficient (Wildman–Crippen LogP) is 3.76. The van der Waals surface area contributed by atoms with E-state index in [1.807, 2.05) is 25.1 Å². The second kappa shape index (κ2) is 8.78. The number of hydrogen-bond donors (Lipinski definition) is 1. The van der Waals surface area contributed by atoms with Crippen LogP contribution < -0.4 is 5.32 Å². The summed E-state index contributed by atoms with van der Waals surface area (Å²) in [5, 5.41) is 7.76. The number of esters is 1. The van der Waals surface area contributed by atoms with Gasteiger partial charge >= 0.3 is 5.97 Å². The van der Waals surface area contributed by atoms with Gasteiger partial charge in [-0.25, -0.2) is 9.48 Å². The minimum Gasteiger partial charge on any atom is -0.464 e. The van der Waals surface area contributed by atoms with Crippen LogP contribution in [0.2, 0.25) is 5.02 Å². The molecule has 0 unspecified atom stereocenters. The molecule has 0 radical (unpaired) electrons. The van der Waals surface area contributed by atoms with Crippen molar-refractivity contribution in [3.63, 3.8) is 0 Å². The van der Waals surface area contributed by atoms with Gasteiger partial charge < -0.3 is 10.1 Å². The molecule has 28 heavy (non-hydrogen) atoms. The largest absolute Gasteiger partial charge is 0.464 e. The molecule has 1 fully saturated rings. The third kappa shape index (κ3) is 4.55. The fraction of sp³-hybridized carbons (Fsp3) is 0.476. The number of hydrogen-bond acceptors (Lipinski definition) is 4. The van der Waals surface area contributed by atoms with Gasteiger partial charge in [0, 0.05) is 6.20 Å². The van der Waals surface area contributed by atoms with Crippen molar-refractivity contribution in [3.05, 3.63) is 46.7 Å². The van der Waals surface area contributed by atoms with E-state index in [1.165, 1.54) is 0 Å². The SMILES string of the molecule is CCOC(=O)C1(NC(=O)Cc2cc(-n3cc(Cl)cn3)ccc2C)CCCCC1. The molecule has 1 heterocycles. The van der Waals surface area contributed by atoms with Gasteiger partial charge in [0.15, 0.2) is 0 Å².